The van der Waals surface area contributed by atoms with Gasteiger partial charge in [0.05, 0.1) is 39.9 Å². The lowest BCUT2D eigenvalue weighted by atomic mass is 10.1. The van der Waals surface area contributed by atoms with E-state index in [0.717, 1.165) is 89.9 Å². The summed E-state index contributed by atoms with van der Waals surface area (Å²) in [6.45, 7) is 4.59. The number of unbranched alkanes of at least 4 members (excludes halogenated alkanes) is 11. The van der Waals surface area contributed by atoms with E-state index in [-0.39, 0.29) is 19.1 Å². The molecule has 0 heterocycles. The minimum atomic E-state index is -4.33. The number of aliphatic hydroxyl groups is 1. The molecule has 0 aromatic rings. The summed E-state index contributed by atoms with van der Waals surface area (Å²) >= 11 is 0. The molecule has 0 aliphatic heterocycles. The molecule has 0 aromatic heterocycles. The van der Waals surface area contributed by atoms with Crippen molar-refractivity contribution < 1.29 is 32.9 Å². The Balaban J connectivity index is 4.27. The van der Waals surface area contributed by atoms with E-state index in [1.165, 1.54) is 32.1 Å². The molecule has 0 saturated heterocycles. The monoisotopic (exact) mass is 776 g/mol. The number of hydrogen-bond acceptors (Lipinski definition) is 5. The van der Waals surface area contributed by atoms with Crippen LogP contribution < -0.4 is 5.32 Å². The van der Waals surface area contributed by atoms with Crippen LogP contribution in [-0.2, 0) is 18.4 Å². The number of nitrogens with one attached hydrogen (secondary N) is 1. The third-order valence-corrected chi connectivity index (χ3v) is 9.61. The first-order chi connectivity index (χ1) is 26.0. The van der Waals surface area contributed by atoms with Gasteiger partial charge in [-0.2, -0.15) is 0 Å². The molecule has 0 aliphatic rings. The lowest BCUT2D eigenvalue weighted by Crippen LogP contribution is -2.45. The Kier molecular flexibility index (Phi) is 34.8. The number of likely N-dealkylation sites (N-methyl/N-ethyl adjacent to an activating group) is 1. The van der Waals surface area contributed by atoms with E-state index >= 15 is 0 Å². The first kappa shape index (κ1) is 51.7. The van der Waals surface area contributed by atoms with Crippen molar-refractivity contribution in [3.8, 4) is 0 Å². The predicted octanol–water partition coefficient (Wildman–Crippen LogP) is 11.4. The molecule has 0 spiro atoms. The van der Waals surface area contributed by atoms with Gasteiger partial charge in [-0.15, -0.1) is 0 Å². The summed E-state index contributed by atoms with van der Waals surface area (Å²) in [7, 11) is 1.54. The van der Waals surface area contributed by atoms with Crippen LogP contribution in [0.5, 0.6) is 0 Å². The fourth-order valence-corrected chi connectivity index (χ4v) is 6.01. The Labute approximate surface area is 331 Å². The van der Waals surface area contributed by atoms with E-state index in [4.69, 9.17) is 9.05 Å². The molecule has 310 valence electrons. The van der Waals surface area contributed by atoms with Gasteiger partial charge in [-0.25, -0.2) is 4.57 Å². The summed E-state index contributed by atoms with van der Waals surface area (Å²) in [6.07, 6.45) is 49.6. The predicted molar refractivity (Wildman–Crippen MR) is 230 cm³/mol. The van der Waals surface area contributed by atoms with Crippen molar-refractivity contribution >= 4 is 13.7 Å². The fourth-order valence-electron chi connectivity index (χ4n) is 5.28. The Morgan fingerprint density at radius 1 is 0.648 bits per heavy atom. The standard InChI is InChI=1S/C45H79N2O6P/c1-6-8-10-12-14-15-16-17-18-19-20-21-22-23-24-25-26-27-28-29-30-31-33-35-37-39-45(49)46-43(44(48)38-36-34-32-13-11-9-7-2)42-53-54(50,51)52-41-40-47(3,4)5/h8,10,14-15,17-18,20-21,23-24,26-27,36,38,43-44,48H,6-7,9,11-13,16,19,22,25,28-35,37,39-42H2,1-5H3,(H-,46,49,50,51)/p+1/b10-8-,15-14-,18-17-,21-20-,24-23-,27-26-,38-36+. The Morgan fingerprint density at radius 3 is 1.63 bits per heavy atom. The van der Waals surface area contributed by atoms with Crippen molar-refractivity contribution in [1.82, 2.24) is 5.32 Å². The number of rotatable bonds is 36. The fraction of sp³-hybridized carbons (Fsp3) is 0.667. The molecule has 0 rings (SSSR count). The minimum Gasteiger partial charge on any atom is -0.387 e. The van der Waals surface area contributed by atoms with Crippen molar-refractivity contribution in [2.75, 3.05) is 40.9 Å². The van der Waals surface area contributed by atoms with Gasteiger partial charge in [0.2, 0.25) is 5.91 Å². The summed E-state index contributed by atoms with van der Waals surface area (Å²) in [5.74, 6) is -0.202. The Morgan fingerprint density at radius 2 is 1.11 bits per heavy atom. The average Bonchev–Trinajstić information content (AvgIpc) is 3.12. The topological polar surface area (TPSA) is 105 Å². The van der Waals surface area contributed by atoms with Crippen LogP contribution in [0.1, 0.15) is 142 Å². The molecule has 1 amide bonds. The number of allylic oxidation sites excluding steroid dienone is 13. The van der Waals surface area contributed by atoms with Gasteiger partial charge in [-0.1, -0.05) is 150 Å². The molecule has 0 saturated carbocycles. The van der Waals surface area contributed by atoms with Gasteiger partial charge < -0.3 is 19.8 Å². The second-order valence-electron chi connectivity index (χ2n) is 15.0. The van der Waals surface area contributed by atoms with Gasteiger partial charge in [0.25, 0.3) is 0 Å². The van der Waals surface area contributed by atoms with Crippen LogP contribution in [0, 0.1) is 0 Å². The second-order valence-corrected chi connectivity index (χ2v) is 16.4. The van der Waals surface area contributed by atoms with Crippen LogP contribution in [0.25, 0.3) is 0 Å². The zero-order chi connectivity index (χ0) is 40.0. The first-order valence-corrected chi connectivity index (χ1v) is 22.5. The van der Waals surface area contributed by atoms with Crippen LogP contribution in [-0.4, -0.2) is 73.4 Å². The molecule has 3 atom stereocenters. The maximum atomic E-state index is 12.8. The summed E-state index contributed by atoms with van der Waals surface area (Å²) in [4.78, 5) is 23.0. The zero-order valence-electron chi connectivity index (χ0n) is 34.9. The molecule has 0 radical (unpaired) electrons. The molecular weight excluding hydrogens is 695 g/mol. The van der Waals surface area contributed by atoms with E-state index in [2.05, 4.69) is 92.1 Å². The van der Waals surface area contributed by atoms with Crippen molar-refractivity contribution in [2.45, 2.75) is 154 Å². The number of nitrogens with zero attached hydrogens (tertiary/aromatic N) is 1. The van der Waals surface area contributed by atoms with E-state index < -0.39 is 20.0 Å². The van der Waals surface area contributed by atoms with Gasteiger partial charge in [0.1, 0.15) is 13.2 Å². The number of phosphoric ester groups is 1. The number of carbonyl (C=O) groups excluding carboxylic acids is 1. The van der Waals surface area contributed by atoms with Crippen LogP contribution in [0.15, 0.2) is 85.1 Å². The Hall–Kier alpha value is -2.32. The van der Waals surface area contributed by atoms with E-state index in [1.54, 1.807) is 6.08 Å². The molecule has 54 heavy (non-hydrogen) atoms. The summed E-state index contributed by atoms with van der Waals surface area (Å²) in [6, 6.07) is -0.856. The maximum Gasteiger partial charge on any atom is 0.472 e. The van der Waals surface area contributed by atoms with E-state index in [1.807, 2.05) is 27.2 Å². The SMILES string of the molecule is CC/C=C\C/C=C\C/C=C\C/C=C\C/C=C\C/C=C\CCCCCCCCC(=O)NC(COP(=O)(O)OCC[N+](C)(C)C)C(O)/C=C/CCCCCCC. The highest BCUT2D eigenvalue weighted by molar-refractivity contribution is 7.47. The van der Waals surface area contributed by atoms with Crippen LogP contribution >= 0.6 is 7.82 Å². The van der Waals surface area contributed by atoms with Crippen molar-refractivity contribution in [1.29, 1.82) is 0 Å². The smallest absolute Gasteiger partial charge is 0.387 e. The number of quaternary nitrogens is 1. The summed E-state index contributed by atoms with van der Waals surface area (Å²) < 4.78 is 23.4. The third-order valence-electron chi connectivity index (χ3n) is 8.62. The number of hydrogen-bond donors (Lipinski definition) is 3. The minimum absolute atomic E-state index is 0.0529. The van der Waals surface area contributed by atoms with Gasteiger partial charge >= 0.3 is 7.82 Å². The lowest BCUT2D eigenvalue weighted by Gasteiger charge is -2.25. The largest absolute Gasteiger partial charge is 0.472 e. The molecule has 0 fully saturated rings. The van der Waals surface area contributed by atoms with E-state index in [0.29, 0.717) is 17.4 Å². The number of amides is 1. The highest BCUT2D eigenvalue weighted by Gasteiger charge is 2.27. The second kappa shape index (κ2) is 36.3. The van der Waals surface area contributed by atoms with Crippen LogP contribution in [0.2, 0.25) is 0 Å². The number of phosphoric acid groups is 1. The van der Waals surface area contributed by atoms with E-state index in [9.17, 15) is 19.4 Å². The summed E-state index contributed by atoms with van der Waals surface area (Å²) in [5, 5.41) is 13.7. The highest BCUT2D eigenvalue weighted by Crippen LogP contribution is 2.43. The van der Waals surface area contributed by atoms with Gasteiger partial charge in [-0.05, 0) is 70.6 Å². The Bertz CT molecular complexity index is 1150. The molecule has 0 aliphatic carbocycles. The van der Waals surface area contributed by atoms with Gasteiger partial charge in [-0.3, -0.25) is 13.8 Å². The molecular formula is C45H80N2O6P+. The van der Waals surface area contributed by atoms with Crippen molar-refractivity contribution in [3.05, 3.63) is 85.1 Å². The molecule has 0 aromatic carbocycles. The van der Waals surface area contributed by atoms with Crippen LogP contribution in [0.4, 0.5) is 0 Å². The molecule has 8 nitrogen and oxygen atoms in total. The van der Waals surface area contributed by atoms with Gasteiger partial charge in [0, 0.05) is 6.42 Å². The highest BCUT2D eigenvalue weighted by atomic mass is 31.2. The van der Waals surface area contributed by atoms with Crippen LogP contribution in [0.3, 0.4) is 0 Å². The van der Waals surface area contributed by atoms with Crippen molar-refractivity contribution in [2.24, 2.45) is 0 Å². The van der Waals surface area contributed by atoms with Crippen molar-refractivity contribution in [3.63, 3.8) is 0 Å². The van der Waals surface area contributed by atoms with Gasteiger partial charge in [0.15, 0.2) is 0 Å². The zero-order valence-corrected chi connectivity index (χ0v) is 35.8. The summed E-state index contributed by atoms with van der Waals surface area (Å²) in [5.41, 5.74) is 0. The lowest BCUT2D eigenvalue weighted by molar-refractivity contribution is -0.870. The molecule has 3 unspecified atom stereocenters. The third kappa shape index (κ3) is 38.0. The average molecular weight is 776 g/mol. The number of carbonyl (C=O) groups is 1. The quantitative estimate of drug-likeness (QED) is 0.0253. The molecule has 3 N–H and O–H groups in total. The molecule has 9 heteroatoms. The number of aliphatic hydroxyl groups excluding tert-OH is 1. The maximum absolute atomic E-state index is 12.8. The first-order valence-electron chi connectivity index (χ1n) is 21.0. The molecule has 0 bridgehead atoms. The normalized spacial score (nSPS) is 15.3.